The van der Waals surface area contributed by atoms with Gasteiger partial charge in [-0.3, -0.25) is 14.6 Å². The van der Waals surface area contributed by atoms with E-state index in [1.807, 2.05) is 0 Å². The molecule has 0 radical (unpaired) electrons. The average molecular weight is 404 g/mol. The lowest BCUT2D eigenvalue weighted by Gasteiger charge is -2.22. The van der Waals surface area contributed by atoms with E-state index in [-0.39, 0.29) is 35.1 Å². The molecule has 1 aliphatic rings. The van der Waals surface area contributed by atoms with Crippen molar-refractivity contribution in [2.45, 2.75) is 24.9 Å². The van der Waals surface area contributed by atoms with Crippen LogP contribution in [0.4, 0.5) is 0 Å². The van der Waals surface area contributed by atoms with Gasteiger partial charge in [0.15, 0.2) is 5.78 Å². The summed E-state index contributed by atoms with van der Waals surface area (Å²) in [5.41, 5.74) is 7.82. The quantitative estimate of drug-likeness (QED) is 0.494. The number of ketones is 1. The number of aromatic hydroxyl groups is 1. The maximum absolute atomic E-state index is 13.0. The molecule has 5 N–H and O–H groups in total. The molecule has 2 heterocycles. The van der Waals surface area contributed by atoms with Gasteiger partial charge in [0, 0.05) is 41.3 Å². The molecule has 1 aliphatic heterocycles. The zero-order chi connectivity index (χ0) is 21.1. The second-order valence-electron chi connectivity index (χ2n) is 7.53. The Kier molecular flexibility index (Phi) is 5.74. The van der Waals surface area contributed by atoms with E-state index in [0.717, 1.165) is 19.4 Å². The Bertz CT molecular complexity index is 1080. The fraction of sp³-hybridized carbons (Fsp3) is 0.261. The maximum Gasteiger partial charge on any atom is 0.251 e. The highest BCUT2D eigenvalue weighted by Crippen LogP contribution is 2.28. The number of carbonyl (C=O) groups is 2. The van der Waals surface area contributed by atoms with Crippen LogP contribution in [0.1, 0.15) is 39.1 Å². The molecule has 1 saturated heterocycles. The molecule has 2 aromatic carbocycles. The first-order valence-corrected chi connectivity index (χ1v) is 10.0. The van der Waals surface area contributed by atoms with E-state index in [0.29, 0.717) is 28.6 Å². The highest BCUT2D eigenvalue weighted by atomic mass is 16.3. The Hall–Kier alpha value is -3.29. The number of hydrogen-bond donors (Lipinski definition) is 4. The molecule has 1 aromatic heterocycles. The number of aromatic nitrogens is 1. The molecule has 0 unspecified atom stereocenters. The first kappa shape index (κ1) is 20.0. The SMILES string of the molecule is N[C@@H]1CNCCC[C@H]1NC(=O)c1ccc(C(=O)c2c(O)ccc3ncccc23)cc1. The van der Waals surface area contributed by atoms with Crippen molar-refractivity contribution in [2.75, 3.05) is 13.1 Å². The number of phenols is 1. The summed E-state index contributed by atoms with van der Waals surface area (Å²) in [6.45, 7) is 1.56. The molecule has 154 valence electrons. The Morgan fingerprint density at radius 2 is 1.87 bits per heavy atom. The van der Waals surface area contributed by atoms with Gasteiger partial charge in [-0.25, -0.2) is 0 Å². The van der Waals surface area contributed by atoms with Gasteiger partial charge in [0.2, 0.25) is 0 Å². The third kappa shape index (κ3) is 4.03. The number of pyridine rings is 1. The summed E-state index contributed by atoms with van der Waals surface area (Å²) < 4.78 is 0. The van der Waals surface area contributed by atoms with Crippen LogP contribution in [0.15, 0.2) is 54.7 Å². The Morgan fingerprint density at radius 3 is 2.67 bits per heavy atom. The highest BCUT2D eigenvalue weighted by molar-refractivity contribution is 6.18. The molecular weight excluding hydrogens is 380 g/mol. The lowest BCUT2D eigenvalue weighted by molar-refractivity contribution is 0.0928. The van der Waals surface area contributed by atoms with Crippen LogP contribution in [0.3, 0.4) is 0 Å². The highest BCUT2D eigenvalue weighted by Gasteiger charge is 2.23. The second-order valence-corrected chi connectivity index (χ2v) is 7.53. The van der Waals surface area contributed by atoms with Crippen molar-refractivity contribution < 1.29 is 14.7 Å². The lowest BCUT2D eigenvalue weighted by atomic mass is 9.97. The largest absolute Gasteiger partial charge is 0.507 e. The van der Waals surface area contributed by atoms with Crippen molar-refractivity contribution in [2.24, 2.45) is 5.73 Å². The molecule has 3 aromatic rings. The zero-order valence-electron chi connectivity index (χ0n) is 16.5. The van der Waals surface area contributed by atoms with Gasteiger partial charge >= 0.3 is 0 Å². The minimum Gasteiger partial charge on any atom is -0.507 e. The molecule has 1 amide bonds. The summed E-state index contributed by atoms with van der Waals surface area (Å²) in [4.78, 5) is 29.9. The van der Waals surface area contributed by atoms with Crippen molar-refractivity contribution in [1.29, 1.82) is 0 Å². The van der Waals surface area contributed by atoms with Gasteiger partial charge in [0.25, 0.3) is 5.91 Å². The van der Waals surface area contributed by atoms with Crippen LogP contribution < -0.4 is 16.4 Å². The first-order chi connectivity index (χ1) is 14.5. The molecule has 7 heteroatoms. The number of phenolic OH excluding ortho intramolecular Hbond substituents is 1. The van der Waals surface area contributed by atoms with Crippen LogP contribution in [0, 0.1) is 0 Å². The van der Waals surface area contributed by atoms with Gasteiger partial charge in [-0.2, -0.15) is 0 Å². The van der Waals surface area contributed by atoms with Crippen molar-refractivity contribution in [3.05, 3.63) is 71.4 Å². The number of nitrogens with two attached hydrogens (primary N) is 1. The van der Waals surface area contributed by atoms with E-state index in [9.17, 15) is 14.7 Å². The molecule has 0 aliphatic carbocycles. The second kappa shape index (κ2) is 8.61. The van der Waals surface area contributed by atoms with Crippen LogP contribution in [-0.4, -0.2) is 47.0 Å². The summed E-state index contributed by atoms with van der Waals surface area (Å²) >= 11 is 0. The summed E-state index contributed by atoms with van der Waals surface area (Å²) in [6, 6.07) is 12.8. The van der Waals surface area contributed by atoms with Crippen molar-refractivity contribution in [3.8, 4) is 5.75 Å². The number of benzene rings is 2. The van der Waals surface area contributed by atoms with Gasteiger partial charge in [0.05, 0.1) is 11.1 Å². The number of fused-ring (bicyclic) bond motifs is 1. The van der Waals surface area contributed by atoms with E-state index < -0.39 is 0 Å². The molecule has 0 spiro atoms. The van der Waals surface area contributed by atoms with Gasteiger partial charge in [-0.05, 0) is 49.7 Å². The molecule has 1 fully saturated rings. The fourth-order valence-corrected chi connectivity index (χ4v) is 3.80. The van der Waals surface area contributed by atoms with E-state index >= 15 is 0 Å². The Labute approximate surface area is 174 Å². The number of carbonyl (C=O) groups excluding carboxylic acids is 2. The first-order valence-electron chi connectivity index (χ1n) is 10.0. The van der Waals surface area contributed by atoms with Crippen molar-refractivity contribution in [3.63, 3.8) is 0 Å². The third-order valence-corrected chi connectivity index (χ3v) is 5.48. The molecule has 0 bridgehead atoms. The van der Waals surface area contributed by atoms with E-state index in [2.05, 4.69) is 15.6 Å². The Balaban J connectivity index is 1.54. The summed E-state index contributed by atoms with van der Waals surface area (Å²) in [5.74, 6) is -0.637. The van der Waals surface area contributed by atoms with E-state index in [1.54, 1.807) is 48.7 Å². The summed E-state index contributed by atoms with van der Waals surface area (Å²) in [6.07, 6.45) is 3.41. The van der Waals surface area contributed by atoms with Crippen molar-refractivity contribution >= 4 is 22.6 Å². The normalized spacial score (nSPS) is 19.2. The van der Waals surface area contributed by atoms with Crippen LogP contribution in [0.5, 0.6) is 5.75 Å². The standard InChI is InChI=1S/C23H24N4O3/c24-17-13-25-11-2-4-19(17)27-23(30)15-7-5-14(6-8-15)22(29)21-16-3-1-12-26-18(16)9-10-20(21)28/h1,3,5-10,12,17,19,25,28H,2,4,11,13,24H2,(H,27,30)/t17-,19-/m1/s1. The predicted octanol–water partition coefficient (Wildman–Crippen LogP) is 1.98. The topological polar surface area (TPSA) is 117 Å². The zero-order valence-corrected chi connectivity index (χ0v) is 16.5. The number of hydrogen-bond acceptors (Lipinski definition) is 6. The molecule has 7 nitrogen and oxygen atoms in total. The smallest absolute Gasteiger partial charge is 0.251 e. The fourth-order valence-electron chi connectivity index (χ4n) is 3.80. The van der Waals surface area contributed by atoms with E-state index in [4.69, 9.17) is 5.73 Å². The lowest BCUT2D eigenvalue weighted by Crippen LogP contribution is -2.50. The summed E-state index contributed by atoms with van der Waals surface area (Å²) in [7, 11) is 0. The molecule has 0 saturated carbocycles. The molecule has 4 rings (SSSR count). The van der Waals surface area contributed by atoms with Crippen LogP contribution in [0.25, 0.3) is 10.9 Å². The number of amides is 1. The van der Waals surface area contributed by atoms with Gasteiger partial charge in [-0.15, -0.1) is 0 Å². The third-order valence-electron chi connectivity index (χ3n) is 5.48. The van der Waals surface area contributed by atoms with E-state index in [1.165, 1.54) is 6.07 Å². The summed E-state index contributed by atoms with van der Waals surface area (Å²) in [5, 5.41) is 17.1. The average Bonchev–Trinajstić information content (AvgIpc) is 2.97. The van der Waals surface area contributed by atoms with Crippen LogP contribution in [0.2, 0.25) is 0 Å². The Morgan fingerprint density at radius 1 is 1.10 bits per heavy atom. The molecule has 30 heavy (non-hydrogen) atoms. The molecule has 2 atom stereocenters. The maximum atomic E-state index is 13.0. The monoisotopic (exact) mass is 404 g/mol. The van der Waals surface area contributed by atoms with Gasteiger partial charge < -0.3 is 21.5 Å². The van der Waals surface area contributed by atoms with Crippen molar-refractivity contribution in [1.82, 2.24) is 15.6 Å². The van der Waals surface area contributed by atoms with Gasteiger partial charge in [0.1, 0.15) is 5.75 Å². The number of nitrogens with zero attached hydrogens (tertiary/aromatic N) is 1. The molecular formula is C23H24N4O3. The predicted molar refractivity (Wildman–Crippen MR) is 115 cm³/mol. The number of rotatable bonds is 4. The van der Waals surface area contributed by atoms with Crippen LogP contribution in [-0.2, 0) is 0 Å². The minimum absolute atomic E-state index is 0.0889. The van der Waals surface area contributed by atoms with Gasteiger partial charge in [-0.1, -0.05) is 18.2 Å². The van der Waals surface area contributed by atoms with Crippen LogP contribution >= 0.6 is 0 Å². The number of nitrogens with one attached hydrogen (secondary N) is 2. The minimum atomic E-state index is -0.324.